The molecule has 2 atom stereocenters. The zero-order chi connectivity index (χ0) is 47.6. The van der Waals surface area contributed by atoms with Crippen LogP contribution < -0.4 is 9.64 Å². The summed E-state index contributed by atoms with van der Waals surface area (Å²) >= 11 is 0. The largest absolute Gasteiger partial charge is 0.507 e. The van der Waals surface area contributed by atoms with Crippen LogP contribution in [0.15, 0.2) is 52.6 Å². The number of hydrogen-bond donors (Lipinski definition) is 2. The van der Waals surface area contributed by atoms with Gasteiger partial charge >= 0.3 is 11.9 Å². The lowest BCUT2D eigenvalue weighted by molar-refractivity contribution is -0.149. The fraction of sp³-hybridized carbons (Fsp3) is 0.667. The van der Waals surface area contributed by atoms with Crippen molar-refractivity contribution in [1.82, 2.24) is 4.90 Å². The molecule has 12 nitrogen and oxygen atoms in total. The van der Waals surface area contributed by atoms with E-state index in [1.165, 1.54) is 6.08 Å². The molecule has 0 heterocycles. The first-order chi connectivity index (χ1) is 32.0. The maximum atomic E-state index is 14.6. The Kier molecular flexibility index (Phi) is 21.0. The van der Waals surface area contributed by atoms with Crippen molar-refractivity contribution in [2.24, 2.45) is 23.7 Å². The number of phenolic OH excluding ortho intramolecular Hbond substituents is 1. The van der Waals surface area contributed by atoms with Gasteiger partial charge in [0.2, 0.25) is 5.78 Å². The van der Waals surface area contributed by atoms with Gasteiger partial charge in [-0.25, -0.2) is 0 Å². The fourth-order valence-corrected chi connectivity index (χ4v) is 9.68. The molecule has 0 aliphatic heterocycles. The van der Waals surface area contributed by atoms with Crippen LogP contribution in [0.3, 0.4) is 0 Å². The van der Waals surface area contributed by atoms with E-state index in [1.807, 2.05) is 23.6 Å². The van der Waals surface area contributed by atoms with E-state index in [-0.39, 0.29) is 88.4 Å². The molecule has 2 fully saturated rings. The second-order valence-corrected chi connectivity index (χ2v) is 18.8. The van der Waals surface area contributed by atoms with Crippen molar-refractivity contribution < 1.29 is 48.3 Å². The van der Waals surface area contributed by atoms with Crippen molar-refractivity contribution in [3.63, 3.8) is 0 Å². The maximum Gasteiger partial charge on any atom is 0.308 e. The van der Waals surface area contributed by atoms with Gasteiger partial charge in [0.05, 0.1) is 60.4 Å². The summed E-state index contributed by atoms with van der Waals surface area (Å²) in [6.45, 7) is 15.6. The van der Waals surface area contributed by atoms with E-state index in [1.54, 1.807) is 18.2 Å². The lowest BCUT2D eigenvalue weighted by Gasteiger charge is -2.31. The SMILES string of the molecule is CCCCC(CC)COC1=CC(N(CCC)CCOC(=O)C2CCCC2)=CC(=O)/C1=C1\C(=O)C(c2c(O)cc(N(CCC)CCOC(=O)C3CCCC3)cc2OCC(CC)CCCC)=C1O. The van der Waals surface area contributed by atoms with Gasteiger partial charge in [-0.2, -0.15) is 0 Å². The van der Waals surface area contributed by atoms with E-state index >= 15 is 0 Å². The number of hydrogen-bond acceptors (Lipinski definition) is 12. The minimum Gasteiger partial charge on any atom is -0.507 e. The average Bonchev–Trinajstić information content (AvgIpc) is 4.07. The smallest absolute Gasteiger partial charge is 0.308 e. The number of aliphatic hydroxyl groups excluding tert-OH is 1. The molecule has 0 saturated heterocycles. The number of benzene rings is 1. The first-order valence-electron chi connectivity index (χ1n) is 25.7. The topological polar surface area (TPSA) is 152 Å². The van der Waals surface area contributed by atoms with Crippen LogP contribution in [0.1, 0.15) is 163 Å². The molecule has 1 aromatic rings. The summed E-state index contributed by atoms with van der Waals surface area (Å²) in [5, 5.41) is 23.9. The highest BCUT2D eigenvalue weighted by atomic mass is 16.5. The third-order valence-corrected chi connectivity index (χ3v) is 13.9. The normalized spacial score (nSPS) is 18.8. The first kappa shape index (κ1) is 52.2. The van der Waals surface area contributed by atoms with Crippen LogP contribution in [0.5, 0.6) is 11.5 Å². The van der Waals surface area contributed by atoms with E-state index in [0.29, 0.717) is 50.8 Å². The predicted octanol–water partition coefficient (Wildman–Crippen LogP) is 11.1. The van der Waals surface area contributed by atoms with Gasteiger partial charge in [0.15, 0.2) is 5.78 Å². The van der Waals surface area contributed by atoms with Crippen LogP contribution in [-0.2, 0) is 33.4 Å². The van der Waals surface area contributed by atoms with Crippen molar-refractivity contribution >= 4 is 34.8 Å². The Bertz CT molecular complexity index is 1930. The van der Waals surface area contributed by atoms with Gasteiger partial charge in [-0.1, -0.05) is 106 Å². The van der Waals surface area contributed by atoms with E-state index in [9.17, 15) is 29.4 Å². The molecule has 4 aliphatic rings. The van der Waals surface area contributed by atoms with Crippen molar-refractivity contribution in [3.05, 3.63) is 58.2 Å². The number of aromatic hydroxyl groups is 1. The Morgan fingerprint density at radius 1 is 0.652 bits per heavy atom. The minimum absolute atomic E-state index is 0.0232. The summed E-state index contributed by atoms with van der Waals surface area (Å²) in [6.07, 6.45) is 20.2. The van der Waals surface area contributed by atoms with E-state index in [2.05, 4.69) is 27.7 Å². The molecule has 366 valence electrons. The molecule has 2 unspecified atom stereocenters. The second-order valence-electron chi connectivity index (χ2n) is 18.8. The molecule has 12 heteroatoms. The molecule has 0 radical (unpaired) electrons. The third-order valence-electron chi connectivity index (χ3n) is 13.9. The predicted molar refractivity (Wildman–Crippen MR) is 259 cm³/mol. The van der Waals surface area contributed by atoms with Crippen LogP contribution >= 0.6 is 0 Å². The number of nitrogens with zero attached hydrogens (tertiary/aromatic N) is 2. The zero-order valence-electron chi connectivity index (χ0n) is 41.1. The number of anilines is 1. The number of aliphatic hydroxyl groups is 1. The number of carbonyl (C=O) groups excluding carboxylic acids is 4. The third kappa shape index (κ3) is 13.7. The maximum absolute atomic E-state index is 14.6. The van der Waals surface area contributed by atoms with E-state index in [4.69, 9.17) is 18.9 Å². The summed E-state index contributed by atoms with van der Waals surface area (Å²) < 4.78 is 24.5. The van der Waals surface area contributed by atoms with E-state index in [0.717, 1.165) is 116 Å². The van der Waals surface area contributed by atoms with Crippen LogP contribution in [0.25, 0.3) is 5.57 Å². The van der Waals surface area contributed by atoms with Gasteiger partial charge in [-0.05, 0) is 63.2 Å². The lowest BCUT2D eigenvalue weighted by atomic mass is 9.78. The fourth-order valence-electron chi connectivity index (χ4n) is 9.68. The quantitative estimate of drug-likeness (QED) is 0.0581. The molecule has 1 aromatic carbocycles. The summed E-state index contributed by atoms with van der Waals surface area (Å²) in [6, 6.07) is 3.35. The Labute approximate surface area is 394 Å². The van der Waals surface area contributed by atoms with Crippen molar-refractivity contribution in [1.29, 1.82) is 0 Å². The van der Waals surface area contributed by atoms with Crippen LogP contribution in [0.4, 0.5) is 5.69 Å². The molecule has 66 heavy (non-hydrogen) atoms. The van der Waals surface area contributed by atoms with Crippen LogP contribution in [0.2, 0.25) is 0 Å². The highest BCUT2D eigenvalue weighted by molar-refractivity contribution is 6.42. The number of esters is 2. The Hall–Kier alpha value is -4.74. The average molecular weight is 917 g/mol. The Balaban J connectivity index is 1.51. The van der Waals surface area contributed by atoms with Gasteiger partial charge < -0.3 is 39.0 Å². The van der Waals surface area contributed by atoms with Crippen molar-refractivity contribution in [2.45, 2.75) is 157 Å². The highest BCUT2D eigenvalue weighted by Gasteiger charge is 2.44. The van der Waals surface area contributed by atoms with E-state index < -0.39 is 17.3 Å². The van der Waals surface area contributed by atoms with Gasteiger partial charge in [-0.3, -0.25) is 19.2 Å². The highest BCUT2D eigenvalue weighted by Crippen LogP contribution is 2.48. The number of Topliss-reactive ketones (excluding diaryl/α,β-unsaturated/α-hetero) is 1. The molecule has 2 N–H and O–H groups in total. The number of carbonyl (C=O) groups is 4. The van der Waals surface area contributed by atoms with Crippen molar-refractivity contribution in [3.8, 4) is 11.5 Å². The molecule has 0 aromatic heterocycles. The number of unbranched alkanes of at least 4 members (excludes halogenated alkanes) is 2. The number of ether oxygens (including phenoxy) is 4. The van der Waals surface area contributed by atoms with Gasteiger partial charge in [-0.15, -0.1) is 0 Å². The summed E-state index contributed by atoms with van der Waals surface area (Å²) in [4.78, 5) is 58.5. The van der Waals surface area contributed by atoms with Crippen molar-refractivity contribution in [2.75, 3.05) is 57.5 Å². The molecular formula is C54H80N2O10. The summed E-state index contributed by atoms with van der Waals surface area (Å²) in [5.74, 6) is -1.29. The number of phenols is 1. The molecule has 0 spiro atoms. The second kappa shape index (κ2) is 26.6. The molecular weight excluding hydrogens is 837 g/mol. The van der Waals surface area contributed by atoms with Crippen LogP contribution in [-0.4, -0.2) is 91.2 Å². The molecule has 5 rings (SSSR count). The standard InChI is InChI=1S/C54H80N2O10/c1-7-13-19-37(11-5)35-65-45-33-41(55(25-9-3)27-29-63-53(61)39-21-15-16-22-39)31-43(57)47(45)49-51(59)50(52(49)60)48-44(58)32-42(34-46(48)66-36-38(12-6)20-14-8-2)56(26-10-4)28-30-64-54(62)40-23-17-18-24-40/h31-34,37-40,57,59H,7-30,35-36H2,1-6H3/b50-48+. The Morgan fingerprint density at radius 3 is 1.70 bits per heavy atom. The lowest BCUT2D eigenvalue weighted by Crippen LogP contribution is -2.32. The number of allylic oxidation sites excluding steroid dienone is 5. The Morgan fingerprint density at radius 2 is 1.18 bits per heavy atom. The molecule has 0 amide bonds. The van der Waals surface area contributed by atoms with Gasteiger partial charge in [0, 0.05) is 48.8 Å². The molecule has 2 saturated carbocycles. The zero-order valence-corrected chi connectivity index (χ0v) is 41.1. The first-order valence-corrected chi connectivity index (χ1v) is 25.7. The van der Waals surface area contributed by atoms with Gasteiger partial charge in [0.1, 0.15) is 36.2 Å². The number of ketones is 2. The summed E-state index contributed by atoms with van der Waals surface area (Å²) in [7, 11) is 0. The monoisotopic (exact) mass is 917 g/mol. The summed E-state index contributed by atoms with van der Waals surface area (Å²) in [5.41, 5.74) is 0.972. The number of rotatable bonds is 29. The van der Waals surface area contributed by atoms with Crippen LogP contribution in [0, 0.1) is 23.7 Å². The minimum atomic E-state index is -0.598. The van der Waals surface area contributed by atoms with Gasteiger partial charge in [0.25, 0.3) is 0 Å². The molecule has 0 bridgehead atoms. The molecule has 4 aliphatic carbocycles.